The van der Waals surface area contributed by atoms with Crippen molar-refractivity contribution in [3.63, 3.8) is 0 Å². The van der Waals surface area contributed by atoms with Gasteiger partial charge >= 0.3 is 18.2 Å². The molecule has 8 nitrogen and oxygen atoms in total. The first kappa shape index (κ1) is 21.8. The van der Waals surface area contributed by atoms with E-state index >= 15 is 0 Å². The summed E-state index contributed by atoms with van der Waals surface area (Å²) in [5.74, 6) is -0.919. The van der Waals surface area contributed by atoms with Crippen molar-refractivity contribution in [2.45, 2.75) is 70.6 Å². The van der Waals surface area contributed by atoms with Gasteiger partial charge in [-0.05, 0) is 58.8 Å². The molecule has 0 heterocycles. The minimum absolute atomic E-state index is 0.0191. The van der Waals surface area contributed by atoms with Gasteiger partial charge in [-0.2, -0.15) is 0 Å². The molecule has 1 unspecified atom stereocenters. The monoisotopic (exact) mass is 370 g/mol. The Balaban J connectivity index is 2.42. The zero-order valence-electron chi connectivity index (χ0n) is 15.7. The van der Waals surface area contributed by atoms with E-state index < -0.39 is 29.8 Å². The molecule has 1 atom stereocenters. The third kappa shape index (κ3) is 8.73. The number of carboxylic acid groups (broad SMARTS) is 1. The summed E-state index contributed by atoms with van der Waals surface area (Å²) in [6, 6.07) is -0.970. The molecule has 1 aliphatic carbocycles. The van der Waals surface area contributed by atoms with Gasteiger partial charge in [-0.25, -0.2) is 14.4 Å². The van der Waals surface area contributed by atoms with E-state index in [0.29, 0.717) is 6.42 Å². The highest BCUT2D eigenvalue weighted by molar-refractivity contribution is 5.80. The maximum atomic E-state index is 11.8. The van der Waals surface area contributed by atoms with Gasteiger partial charge in [0.05, 0.1) is 0 Å². The van der Waals surface area contributed by atoms with Gasteiger partial charge in [0.15, 0.2) is 0 Å². The second-order valence-electron chi connectivity index (χ2n) is 7.52. The average molecular weight is 370 g/mol. The predicted octanol–water partition coefficient (Wildman–Crippen LogP) is 2.83. The van der Waals surface area contributed by atoms with Crippen LogP contribution in [0.15, 0.2) is 12.7 Å². The van der Waals surface area contributed by atoms with Gasteiger partial charge in [-0.3, -0.25) is 0 Å². The minimum atomic E-state index is -1.08. The summed E-state index contributed by atoms with van der Waals surface area (Å²) in [5, 5.41) is 14.6. The third-order valence-corrected chi connectivity index (χ3v) is 4.06. The number of amides is 2. The van der Waals surface area contributed by atoms with Gasteiger partial charge in [0.2, 0.25) is 0 Å². The van der Waals surface area contributed by atoms with Crippen molar-refractivity contribution in [3.8, 4) is 0 Å². The fraction of sp³-hybridized carbons (Fsp3) is 0.722. The molecule has 0 aromatic carbocycles. The topological polar surface area (TPSA) is 114 Å². The van der Waals surface area contributed by atoms with E-state index in [-0.39, 0.29) is 18.6 Å². The number of aliphatic carboxylic acids is 1. The predicted molar refractivity (Wildman–Crippen MR) is 95.8 cm³/mol. The average Bonchev–Trinajstić information content (AvgIpc) is 2.52. The molecule has 26 heavy (non-hydrogen) atoms. The molecule has 0 bridgehead atoms. The fourth-order valence-electron chi connectivity index (χ4n) is 2.89. The SMILES string of the molecule is C=CCOC(=O)NC1CCC(CC(NC(=O)OC(C)(C)C)C(=O)O)CC1. The maximum Gasteiger partial charge on any atom is 0.408 e. The number of nitrogens with one attached hydrogen (secondary N) is 2. The van der Waals surface area contributed by atoms with Crippen LogP contribution >= 0.6 is 0 Å². The Morgan fingerprint density at radius 2 is 1.81 bits per heavy atom. The molecule has 1 rings (SSSR count). The summed E-state index contributed by atoms with van der Waals surface area (Å²) in [4.78, 5) is 34.8. The first-order chi connectivity index (χ1) is 12.1. The van der Waals surface area contributed by atoms with Crippen LogP contribution in [0, 0.1) is 5.92 Å². The summed E-state index contributed by atoms with van der Waals surface area (Å²) in [5.41, 5.74) is -0.683. The van der Waals surface area contributed by atoms with Gasteiger partial charge in [0.25, 0.3) is 0 Å². The van der Waals surface area contributed by atoms with Crippen molar-refractivity contribution >= 4 is 18.2 Å². The lowest BCUT2D eigenvalue weighted by Gasteiger charge is -2.30. The smallest absolute Gasteiger partial charge is 0.408 e. The molecule has 0 aliphatic heterocycles. The van der Waals surface area contributed by atoms with E-state index in [1.165, 1.54) is 6.08 Å². The number of ether oxygens (including phenoxy) is 2. The summed E-state index contributed by atoms with van der Waals surface area (Å²) >= 11 is 0. The quantitative estimate of drug-likeness (QED) is 0.594. The standard InChI is InChI=1S/C18H30N2O6/c1-5-10-25-16(23)19-13-8-6-12(7-9-13)11-14(15(21)22)20-17(24)26-18(2,3)4/h5,12-14H,1,6-11H2,2-4H3,(H,19,23)(H,20,24)(H,21,22). The van der Waals surface area contributed by atoms with E-state index in [1.54, 1.807) is 20.8 Å². The van der Waals surface area contributed by atoms with E-state index in [9.17, 15) is 19.5 Å². The second-order valence-corrected chi connectivity index (χ2v) is 7.52. The number of alkyl carbamates (subject to hydrolysis) is 2. The molecule has 0 aromatic heterocycles. The molecule has 148 valence electrons. The molecule has 2 amide bonds. The minimum Gasteiger partial charge on any atom is -0.480 e. The van der Waals surface area contributed by atoms with Crippen molar-refractivity contribution in [3.05, 3.63) is 12.7 Å². The van der Waals surface area contributed by atoms with Crippen LogP contribution in [0.4, 0.5) is 9.59 Å². The normalized spacial score (nSPS) is 21.2. The lowest BCUT2D eigenvalue weighted by atomic mass is 9.82. The van der Waals surface area contributed by atoms with Crippen molar-refractivity contribution in [2.75, 3.05) is 6.61 Å². The van der Waals surface area contributed by atoms with Gasteiger partial charge in [0.1, 0.15) is 18.2 Å². The van der Waals surface area contributed by atoms with Crippen LogP contribution in [0.25, 0.3) is 0 Å². The first-order valence-electron chi connectivity index (χ1n) is 8.87. The molecule has 1 aliphatic rings. The van der Waals surface area contributed by atoms with Crippen LogP contribution < -0.4 is 10.6 Å². The van der Waals surface area contributed by atoms with Crippen molar-refractivity contribution in [1.29, 1.82) is 0 Å². The van der Waals surface area contributed by atoms with Gasteiger partial charge in [-0.15, -0.1) is 0 Å². The molecule has 0 radical (unpaired) electrons. The van der Waals surface area contributed by atoms with Crippen LogP contribution in [0.5, 0.6) is 0 Å². The molecule has 0 spiro atoms. The molecular weight excluding hydrogens is 340 g/mol. The Morgan fingerprint density at radius 1 is 1.19 bits per heavy atom. The second kappa shape index (κ2) is 10.0. The Labute approximate surface area is 154 Å². The Hall–Kier alpha value is -2.25. The number of carboxylic acids is 1. The third-order valence-electron chi connectivity index (χ3n) is 4.06. The molecule has 1 saturated carbocycles. The zero-order valence-corrected chi connectivity index (χ0v) is 15.7. The van der Waals surface area contributed by atoms with Crippen LogP contribution in [-0.4, -0.2) is 47.6 Å². The zero-order chi connectivity index (χ0) is 19.7. The van der Waals surface area contributed by atoms with E-state index in [1.807, 2.05) is 0 Å². The molecule has 0 aromatic rings. The summed E-state index contributed by atoms with van der Waals surface area (Å²) in [6.07, 6.45) is 3.66. The lowest BCUT2D eigenvalue weighted by Crippen LogP contribution is -2.45. The van der Waals surface area contributed by atoms with Gasteiger partial charge in [-0.1, -0.05) is 12.7 Å². The fourth-order valence-corrected chi connectivity index (χ4v) is 2.89. The number of carbonyl (C=O) groups excluding carboxylic acids is 2. The molecule has 3 N–H and O–H groups in total. The highest BCUT2D eigenvalue weighted by Gasteiger charge is 2.30. The highest BCUT2D eigenvalue weighted by Crippen LogP contribution is 2.28. The largest absolute Gasteiger partial charge is 0.480 e. The number of carbonyl (C=O) groups is 3. The van der Waals surface area contributed by atoms with E-state index in [2.05, 4.69) is 17.2 Å². The number of hydrogen-bond acceptors (Lipinski definition) is 5. The summed E-state index contributed by atoms with van der Waals surface area (Å²) in [6.45, 7) is 8.80. The molecule has 0 saturated heterocycles. The van der Waals surface area contributed by atoms with Crippen molar-refractivity contribution < 1.29 is 29.0 Å². The van der Waals surface area contributed by atoms with Gasteiger partial charge < -0.3 is 25.2 Å². The summed E-state index contributed by atoms with van der Waals surface area (Å²) < 4.78 is 10.0. The van der Waals surface area contributed by atoms with Crippen LogP contribution in [-0.2, 0) is 14.3 Å². The van der Waals surface area contributed by atoms with Crippen LogP contribution in [0.3, 0.4) is 0 Å². The summed E-state index contributed by atoms with van der Waals surface area (Å²) in [7, 11) is 0. The van der Waals surface area contributed by atoms with E-state index in [0.717, 1.165) is 25.7 Å². The Bertz CT molecular complexity index is 506. The highest BCUT2D eigenvalue weighted by atomic mass is 16.6. The molecule has 8 heteroatoms. The first-order valence-corrected chi connectivity index (χ1v) is 8.87. The lowest BCUT2D eigenvalue weighted by molar-refractivity contribution is -0.140. The molecule has 1 fully saturated rings. The van der Waals surface area contributed by atoms with Crippen LogP contribution in [0.1, 0.15) is 52.9 Å². The van der Waals surface area contributed by atoms with Crippen molar-refractivity contribution in [2.24, 2.45) is 5.92 Å². The maximum absolute atomic E-state index is 11.8. The Morgan fingerprint density at radius 3 is 2.31 bits per heavy atom. The van der Waals surface area contributed by atoms with Gasteiger partial charge in [0, 0.05) is 6.04 Å². The van der Waals surface area contributed by atoms with Crippen molar-refractivity contribution in [1.82, 2.24) is 10.6 Å². The Kier molecular flexibility index (Phi) is 8.41. The molecular formula is C18H30N2O6. The number of rotatable bonds is 7. The number of hydrogen-bond donors (Lipinski definition) is 3. The van der Waals surface area contributed by atoms with Crippen LogP contribution in [0.2, 0.25) is 0 Å². The van der Waals surface area contributed by atoms with E-state index in [4.69, 9.17) is 9.47 Å².